The normalized spacial score (nSPS) is 29.5. The molecule has 2 aromatic rings. The number of fused-ring (bicyclic) bond motifs is 1. The predicted molar refractivity (Wildman–Crippen MR) is 125 cm³/mol. The number of nitrogens with one attached hydrogen (secondary N) is 3. The summed E-state index contributed by atoms with van der Waals surface area (Å²) >= 11 is 6.42. The molecule has 9 heteroatoms. The van der Waals surface area contributed by atoms with Gasteiger partial charge >= 0.3 is 5.97 Å². The maximum Gasteiger partial charge on any atom is 0.335 e. The van der Waals surface area contributed by atoms with Crippen LogP contribution in [0, 0.1) is 11.3 Å². The summed E-state index contributed by atoms with van der Waals surface area (Å²) in [6, 6.07) is 6.81. The highest BCUT2D eigenvalue weighted by molar-refractivity contribution is 6.31. The van der Waals surface area contributed by atoms with E-state index in [2.05, 4.69) is 25.9 Å². The lowest BCUT2D eigenvalue weighted by molar-refractivity contribution is -0.127. The van der Waals surface area contributed by atoms with Gasteiger partial charge < -0.3 is 21.1 Å². The summed E-state index contributed by atoms with van der Waals surface area (Å²) in [5.74, 6) is -0.300. The van der Waals surface area contributed by atoms with E-state index in [0.29, 0.717) is 23.1 Å². The second kappa shape index (κ2) is 7.95. The number of carboxylic acids is 1. The fourth-order valence-electron chi connectivity index (χ4n) is 5.82. The highest BCUT2D eigenvalue weighted by Gasteiger charge is 2.82. The van der Waals surface area contributed by atoms with Gasteiger partial charge in [-0.15, -0.1) is 0 Å². The van der Waals surface area contributed by atoms with Crippen molar-refractivity contribution in [2.75, 3.05) is 5.32 Å². The molecular formula is C24H28ClN5O3. The van der Waals surface area contributed by atoms with Gasteiger partial charge in [-0.3, -0.25) is 4.79 Å². The third-order valence-electron chi connectivity index (χ3n) is 7.43. The van der Waals surface area contributed by atoms with Crippen LogP contribution >= 0.6 is 11.6 Å². The van der Waals surface area contributed by atoms with Crippen LogP contribution in [0.15, 0.2) is 30.5 Å². The third-order valence-corrected chi connectivity index (χ3v) is 7.75. The number of hydrogen-bond acceptors (Lipinski definition) is 6. The van der Waals surface area contributed by atoms with E-state index in [0.717, 1.165) is 31.4 Å². The number of aromatic carboxylic acids is 1. The number of carbonyl (C=O) groups excluding carboxylic acids is 1. The Labute approximate surface area is 197 Å². The molecule has 4 atom stereocenters. The largest absolute Gasteiger partial charge is 0.478 e. The van der Waals surface area contributed by atoms with Gasteiger partial charge in [-0.1, -0.05) is 18.0 Å². The molecule has 2 aliphatic carbocycles. The van der Waals surface area contributed by atoms with Gasteiger partial charge in [0, 0.05) is 41.1 Å². The molecule has 0 radical (unpaired) electrons. The van der Waals surface area contributed by atoms with Gasteiger partial charge in [0.15, 0.2) is 0 Å². The quantitative estimate of drug-likeness (QED) is 0.457. The average Bonchev–Trinajstić information content (AvgIpc) is 3.55. The number of carbonyl (C=O) groups is 2. The lowest BCUT2D eigenvalue weighted by Gasteiger charge is -2.21. The van der Waals surface area contributed by atoms with Crippen molar-refractivity contribution in [3.63, 3.8) is 0 Å². The van der Waals surface area contributed by atoms with Crippen molar-refractivity contribution < 1.29 is 14.7 Å². The zero-order valence-corrected chi connectivity index (χ0v) is 19.4. The van der Waals surface area contributed by atoms with Crippen LogP contribution in [0.3, 0.4) is 0 Å². The first-order valence-corrected chi connectivity index (χ1v) is 11.8. The molecule has 1 amide bonds. The molecule has 1 aromatic heterocycles. The molecule has 33 heavy (non-hydrogen) atoms. The first-order chi connectivity index (χ1) is 15.7. The van der Waals surface area contributed by atoms with E-state index in [1.807, 2.05) is 13.8 Å². The molecule has 8 nitrogen and oxygen atoms in total. The van der Waals surface area contributed by atoms with Crippen molar-refractivity contribution in [3.05, 3.63) is 46.7 Å². The monoisotopic (exact) mass is 469 g/mol. The van der Waals surface area contributed by atoms with Crippen LogP contribution in [-0.2, 0) is 11.2 Å². The molecule has 2 spiro atoms. The Kier molecular flexibility index (Phi) is 5.33. The first-order valence-electron chi connectivity index (χ1n) is 11.4. The Morgan fingerprint density at radius 3 is 2.76 bits per heavy atom. The van der Waals surface area contributed by atoms with Crippen molar-refractivity contribution in [1.29, 1.82) is 0 Å². The van der Waals surface area contributed by atoms with Crippen LogP contribution in [0.4, 0.5) is 11.6 Å². The molecule has 2 heterocycles. The van der Waals surface area contributed by atoms with Crippen molar-refractivity contribution >= 4 is 35.1 Å². The standard InChI is InChI=1S/C24H28ClN5O3/c1-13(2)27-20(31)16-4-3-9-23(16)12-24(23)19(30-24)10-18-17(25)11-26-22(29-18)28-15-7-5-14(6-8-15)21(32)33/h5-8,11,13,16,19,30H,3-4,9-10,12H2,1-2H3,(H,27,31)(H,32,33)(H,26,28,29)/t16-,19?,23-,24+/m1/s1. The van der Waals surface area contributed by atoms with Gasteiger partial charge in [0.05, 0.1) is 22.5 Å². The molecule has 3 aliphatic rings. The minimum absolute atomic E-state index is 0.0248. The number of halogens is 1. The van der Waals surface area contributed by atoms with Crippen LogP contribution in [0.2, 0.25) is 5.02 Å². The molecular weight excluding hydrogens is 442 g/mol. The fraction of sp³-hybridized carbons (Fsp3) is 0.500. The first kappa shape index (κ1) is 22.1. The molecule has 174 valence electrons. The van der Waals surface area contributed by atoms with Gasteiger partial charge in [-0.05, 0) is 57.4 Å². The number of amides is 1. The molecule has 0 bridgehead atoms. The molecule has 1 saturated heterocycles. The number of benzene rings is 1. The maximum absolute atomic E-state index is 12.8. The smallest absolute Gasteiger partial charge is 0.335 e. The maximum atomic E-state index is 12.8. The van der Waals surface area contributed by atoms with Crippen molar-refractivity contribution in [2.24, 2.45) is 11.3 Å². The molecule has 3 fully saturated rings. The number of hydrogen-bond donors (Lipinski definition) is 4. The zero-order valence-electron chi connectivity index (χ0n) is 18.7. The Bertz CT molecular complexity index is 1110. The summed E-state index contributed by atoms with van der Waals surface area (Å²) in [6.07, 6.45) is 6.43. The van der Waals surface area contributed by atoms with Gasteiger partial charge in [0.2, 0.25) is 11.9 Å². The summed E-state index contributed by atoms with van der Waals surface area (Å²) in [6.45, 7) is 4.01. The minimum Gasteiger partial charge on any atom is -0.478 e. The highest BCUT2D eigenvalue weighted by Crippen LogP contribution is 2.75. The summed E-state index contributed by atoms with van der Waals surface area (Å²) in [4.78, 5) is 32.7. The van der Waals surface area contributed by atoms with Crippen LogP contribution < -0.4 is 16.0 Å². The molecule has 1 aromatic carbocycles. The average molecular weight is 470 g/mol. The molecule has 1 unspecified atom stereocenters. The van der Waals surface area contributed by atoms with E-state index in [9.17, 15) is 9.59 Å². The molecule has 1 aliphatic heterocycles. The summed E-state index contributed by atoms with van der Waals surface area (Å²) in [5.41, 5.74) is 1.75. The fourth-order valence-corrected chi connectivity index (χ4v) is 5.99. The Morgan fingerprint density at radius 1 is 1.30 bits per heavy atom. The van der Waals surface area contributed by atoms with Crippen molar-refractivity contribution in [3.8, 4) is 0 Å². The van der Waals surface area contributed by atoms with E-state index in [-0.39, 0.29) is 40.4 Å². The second-order valence-corrected chi connectivity index (χ2v) is 10.2. The molecule has 5 rings (SSSR count). The SMILES string of the molecule is CC(C)NC(=O)[C@H]1CCC[C@@]12C[C@@]21NC1Cc1nc(Nc2ccc(C(=O)O)cc2)ncc1Cl. The minimum atomic E-state index is -0.971. The van der Waals surface area contributed by atoms with Gasteiger partial charge in [0.1, 0.15) is 0 Å². The summed E-state index contributed by atoms with van der Waals surface area (Å²) in [7, 11) is 0. The lowest BCUT2D eigenvalue weighted by atomic mass is 9.87. The van der Waals surface area contributed by atoms with E-state index < -0.39 is 5.97 Å². The third kappa shape index (κ3) is 3.85. The Morgan fingerprint density at radius 2 is 2.06 bits per heavy atom. The van der Waals surface area contributed by atoms with Crippen LogP contribution in [0.25, 0.3) is 0 Å². The summed E-state index contributed by atoms with van der Waals surface area (Å²) < 4.78 is 0. The van der Waals surface area contributed by atoms with Crippen LogP contribution in [0.1, 0.15) is 55.6 Å². The molecule has 4 N–H and O–H groups in total. The van der Waals surface area contributed by atoms with E-state index >= 15 is 0 Å². The Hall–Kier alpha value is -2.71. The number of anilines is 2. The number of aromatic nitrogens is 2. The summed E-state index contributed by atoms with van der Waals surface area (Å²) in [5, 5.41) is 19.5. The lowest BCUT2D eigenvalue weighted by Crippen LogP contribution is -2.39. The number of rotatable bonds is 7. The van der Waals surface area contributed by atoms with Crippen molar-refractivity contribution in [1.82, 2.24) is 20.6 Å². The van der Waals surface area contributed by atoms with Crippen LogP contribution in [-0.4, -0.2) is 44.6 Å². The number of carboxylic acid groups (broad SMARTS) is 1. The highest BCUT2D eigenvalue weighted by atomic mass is 35.5. The number of nitrogens with zero attached hydrogens (tertiary/aromatic N) is 2. The zero-order chi connectivity index (χ0) is 23.4. The van der Waals surface area contributed by atoms with Gasteiger partial charge in [0.25, 0.3) is 0 Å². The molecule has 2 saturated carbocycles. The van der Waals surface area contributed by atoms with Gasteiger partial charge in [-0.2, -0.15) is 0 Å². The van der Waals surface area contributed by atoms with Gasteiger partial charge in [-0.25, -0.2) is 14.8 Å². The second-order valence-electron chi connectivity index (χ2n) is 9.81. The van der Waals surface area contributed by atoms with E-state index in [1.165, 1.54) is 12.1 Å². The topological polar surface area (TPSA) is 126 Å². The van der Waals surface area contributed by atoms with Crippen LogP contribution in [0.5, 0.6) is 0 Å². The van der Waals surface area contributed by atoms with E-state index in [1.54, 1.807) is 18.3 Å². The predicted octanol–water partition coefficient (Wildman–Crippen LogP) is 3.54. The van der Waals surface area contributed by atoms with E-state index in [4.69, 9.17) is 16.7 Å². The Balaban J connectivity index is 1.27. The van der Waals surface area contributed by atoms with Crippen molar-refractivity contribution in [2.45, 2.75) is 63.6 Å².